The maximum atomic E-state index is 2.62. The summed E-state index contributed by atoms with van der Waals surface area (Å²) in [6.45, 7) is 10.5. The molecule has 0 aliphatic carbocycles. The van der Waals surface area contributed by atoms with E-state index in [1.807, 2.05) is 0 Å². The van der Waals surface area contributed by atoms with Crippen molar-refractivity contribution in [3.63, 3.8) is 0 Å². The van der Waals surface area contributed by atoms with Crippen LogP contribution in [0, 0.1) is 0 Å². The highest BCUT2D eigenvalue weighted by atomic mass is 15.2. The molecule has 0 amide bonds. The van der Waals surface area contributed by atoms with E-state index in [0.717, 1.165) is 0 Å². The molecule has 1 heteroatoms. The highest BCUT2D eigenvalue weighted by Gasteiger charge is 2.29. The minimum absolute atomic E-state index is 0.261. The molecule has 0 radical (unpaired) electrons. The van der Waals surface area contributed by atoms with E-state index in [0.29, 0.717) is 6.04 Å². The summed E-state index contributed by atoms with van der Waals surface area (Å²) in [7, 11) is 0. The summed E-state index contributed by atoms with van der Waals surface area (Å²) in [4.78, 5) is 2.62. The predicted octanol–water partition coefficient (Wildman–Crippen LogP) is 3.79. The zero-order valence-corrected chi connectivity index (χ0v) is 11.0. The SMILES string of the molecule is CC1c2ccccc2CCCN1C(C)(C)C. The molecule has 1 unspecified atom stereocenters. The Balaban J connectivity index is 2.37. The van der Waals surface area contributed by atoms with E-state index in [1.54, 1.807) is 5.56 Å². The summed E-state index contributed by atoms with van der Waals surface area (Å²) in [5.74, 6) is 0. The fraction of sp³-hybridized carbons (Fsp3) is 0.600. The maximum absolute atomic E-state index is 2.62. The molecule has 0 aromatic heterocycles. The van der Waals surface area contributed by atoms with Crippen LogP contribution in [0.15, 0.2) is 24.3 Å². The Morgan fingerprint density at radius 3 is 2.56 bits per heavy atom. The molecule has 0 spiro atoms. The van der Waals surface area contributed by atoms with Crippen LogP contribution in [-0.2, 0) is 6.42 Å². The molecule has 1 atom stereocenters. The van der Waals surface area contributed by atoms with Crippen molar-refractivity contribution >= 4 is 0 Å². The molecule has 1 heterocycles. The molecule has 1 aromatic carbocycles. The van der Waals surface area contributed by atoms with Gasteiger partial charge in [-0.25, -0.2) is 0 Å². The minimum Gasteiger partial charge on any atom is -0.292 e. The normalized spacial score (nSPS) is 22.6. The number of hydrogen-bond acceptors (Lipinski definition) is 1. The van der Waals surface area contributed by atoms with Gasteiger partial charge in [0.1, 0.15) is 0 Å². The Hall–Kier alpha value is -0.820. The number of hydrogen-bond donors (Lipinski definition) is 0. The first-order chi connectivity index (χ1) is 7.50. The third-order valence-electron chi connectivity index (χ3n) is 3.68. The summed E-state index contributed by atoms with van der Waals surface area (Å²) in [6, 6.07) is 9.46. The molecule has 0 N–H and O–H groups in total. The van der Waals surface area contributed by atoms with Gasteiger partial charge in [-0.2, -0.15) is 0 Å². The van der Waals surface area contributed by atoms with Gasteiger partial charge in [0.15, 0.2) is 0 Å². The van der Waals surface area contributed by atoms with Gasteiger partial charge >= 0.3 is 0 Å². The first-order valence-electron chi connectivity index (χ1n) is 6.34. The summed E-state index contributed by atoms with van der Waals surface area (Å²) in [5.41, 5.74) is 3.33. The quantitative estimate of drug-likeness (QED) is 0.639. The van der Waals surface area contributed by atoms with Crippen molar-refractivity contribution < 1.29 is 0 Å². The van der Waals surface area contributed by atoms with Crippen LogP contribution in [-0.4, -0.2) is 17.0 Å². The first kappa shape index (κ1) is 11.7. The van der Waals surface area contributed by atoms with E-state index in [4.69, 9.17) is 0 Å². The van der Waals surface area contributed by atoms with Crippen molar-refractivity contribution in [2.24, 2.45) is 0 Å². The molecule has 0 fully saturated rings. The smallest absolute Gasteiger partial charge is 0.0327 e. The Kier molecular flexibility index (Phi) is 3.07. The zero-order valence-electron chi connectivity index (χ0n) is 11.0. The minimum atomic E-state index is 0.261. The Morgan fingerprint density at radius 1 is 1.19 bits per heavy atom. The van der Waals surface area contributed by atoms with Crippen molar-refractivity contribution in [3.8, 4) is 0 Å². The van der Waals surface area contributed by atoms with Crippen molar-refractivity contribution in [1.29, 1.82) is 0 Å². The van der Waals surface area contributed by atoms with E-state index in [9.17, 15) is 0 Å². The molecular weight excluding hydrogens is 194 g/mol. The second kappa shape index (κ2) is 4.21. The van der Waals surface area contributed by atoms with Crippen LogP contribution in [0.5, 0.6) is 0 Å². The molecule has 0 saturated heterocycles. The first-order valence-corrected chi connectivity index (χ1v) is 6.34. The Bertz CT molecular complexity index is 362. The third-order valence-corrected chi connectivity index (χ3v) is 3.68. The molecule has 0 bridgehead atoms. The van der Waals surface area contributed by atoms with Crippen LogP contribution in [0.2, 0.25) is 0 Å². The fourth-order valence-corrected chi connectivity index (χ4v) is 2.89. The van der Waals surface area contributed by atoms with Gasteiger partial charge in [-0.1, -0.05) is 24.3 Å². The molecule has 1 nitrogen and oxygen atoms in total. The van der Waals surface area contributed by atoms with Crippen LogP contribution in [0.4, 0.5) is 0 Å². The summed E-state index contributed by atoms with van der Waals surface area (Å²) in [6.07, 6.45) is 2.51. The number of benzene rings is 1. The summed E-state index contributed by atoms with van der Waals surface area (Å²) < 4.78 is 0. The van der Waals surface area contributed by atoms with Crippen molar-refractivity contribution in [2.45, 2.75) is 52.1 Å². The average molecular weight is 217 g/mol. The standard InChI is InChI=1S/C15H23N/c1-12-14-10-6-5-8-13(14)9-7-11-16(12)15(2,3)4/h5-6,8,10,12H,7,9,11H2,1-4H3. The van der Waals surface area contributed by atoms with Crippen molar-refractivity contribution in [3.05, 3.63) is 35.4 Å². The topological polar surface area (TPSA) is 3.24 Å². The van der Waals surface area contributed by atoms with Gasteiger partial charge in [-0.15, -0.1) is 0 Å². The van der Waals surface area contributed by atoms with Gasteiger partial charge in [0.05, 0.1) is 0 Å². The van der Waals surface area contributed by atoms with E-state index < -0.39 is 0 Å². The summed E-state index contributed by atoms with van der Waals surface area (Å²) in [5, 5.41) is 0. The second-order valence-corrected chi connectivity index (χ2v) is 5.84. The van der Waals surface area contributed by atoms with E-state index in [2.05, 4.69) is 56.9 Å². The van der Waals surface area contributed by atoms with Gasteiger partial charge in [0.2, 0.25) is 0 Å². The van der Waals surface area contributed by atoms with Gasteiger partial charge in [0, 0.05) is 11.6 Å². The Morgan fingerprint density at radius 2 is 1.88 bits per heavy atom. The lowest BCUT2D eigenvalue weighted by molar-refractivity contribution is 0.0928. The van der Waals surface area contributed by atoms with E-state index >= 15 is 0 Å². The second-order valence-electron chi connectivity index (χ2n) is 5.84. The largest absolute Gasteiger partial charge is 0.292 e. The molecule has 1 aliphatic rings. The molecule has 1 aromatic rings. The van der Waals surface area contributed by atoms with Gasteiger partial charge in [-0.3, -0.25) is 4.90 Å². The lowest BCUT2D eigenvalue weighted by Crippen LogP contribution is -2.42. The fourth-order valence-electron chi connectivity index (χ4n) is 2.89. The van der Waals surface area contributed by atoms with Gasteiger partial charge < -0.3 is 0 Å². The molecular formula is C15H23N. The average Bonchev–Trinajstić information content (AvgIpc) is 2.38. The number of nitrogens with zero attached hydrogens (tertiary/aromatic N) is 1. The highest BCUT2D eigenvalue weighted by Crippen LogP contribution is 2.33. The van der Waals surface area contributed by atoms with E-state index in [1.165, 1.54) is 24.9 Å². The molecule has 16 heavy (non-hydrogen) atoms. The molecule has 1 aliphatic heterocycles. The van der Waals surface area contributed by atoms with Gasteiger partial charge in [0.25, 0.3) is 0 Å². The van der Waals surface area contributed by atoms with Crippen LogP contribution >= 0.6 is 0 Å². The molecule has 2 rings (SSSR count). The number of aryl methyl sites for hydroxylation is 1. The molecule has 88 valence electrons. The van der Waals surface area contributed by atoms with Crippen molar-refractivity contribution in [1.82, 2.24) is 4.90 Å². The van der Waals surface area contributed by atoms with Crippen LogP contribution in [0.1, 0.15) is 51.3 Å². The molecule has 0 saturated carbocycles. The van der Waals surface area contributed by atoms with Crippen molar-refractivity contribution in [2.75, 3.05) is 6.54 Å². The van der Waals surface area contributed by atoms with Crippen LogP contribution in [0.3, 0.4) is 0 Å². The Labute approximate surface area is 99.5 Å². The van der Waals surface area contributed by atoms with E-state index in [-0.39, 0.29) is 5.54 Å². The lowest BCUT2D eigenvalue weighted by atomic mass is 9.97. The third kappa shape index (κ3) is 2.15. The monoisotopic (exact) mass is 217 g/mol. The van der Waals surface area contributed by atoms with Gasteiger partial charge in [-0.05, 0) is 58.2 Å². The summed E-state index contributed by atoms with van der Waals surface area (Å²) >= 11 is 0. The predicted molar refractivity (Wildman–Crippen MR) is 69.6 cm³/mol. The van der Waals surface area contributed by atoms with Crippen LogP contribution < -0.4 is 0 Å². The highest BCUT2D eigenvalue weighted by molar-refractivity contribution is 5.31. The number of fused-ring (bicyclic) bond motifs is 1. The number of rotatable bonds is 0. The lowest BCUT2D eigenvalue weighted by Gasteiger charge is -2.39. The maximum Gasteiger partial charge on any atom is 0.0327 e. The van der Waals surface area contributed by atoms with Crippen LogP contribution in [0.25, 0.3) is 0 Å². The zero-order chi connectivity index (χ0) is 11.8.